The SMILES string of the molecule is Cn1c(N)nc2c(c1=O)n(C)c[n+]2C1OC(CO)C(O)C1O. The predicted octanol–water partition coefficient (Wildman–Crippen LogP) is -3.25. The summed E-state index contributed by atoms with van der Waals surface area (Å²) in [6.07, 6.45) is -2.86. The molecule has 1 aliphatic heterocycles. The lowest BCUT2D eigenvalue weighted by Crippen LogP contribution is -2.46. The van der Waals surface area contributed by atoms with Gasteiger partial charge in [-0.05, 0) is 0 Å². The van der Waals surface area contributed by atoms with Crippen molar-refractivity contribution in [2.24, 2.45) is 14.1 Å². The second kappa shape index (κ2) is 5.02. The third-order valence-electron chi connectivity index (χ3n) is 3.97. The summed E-state index contributed by atoms with van der Waals surface area (Å²) >= 11 is 0. The van der Waals surface area contributed by atoms with Crippen LogP contribution in [0.1, 0.15) is 6.23 Å². The van der Waals surface area contributed by atoms with Crippen LogP contribution in [0.3, 0.4) is 0 Å². The molecular weight excluding hydrogens is 294 g/mol. The summed E-state index contributed by atoms with van der Waals surface area (Å²) in [4.78, 5) is 16.4. The van der Waals surface area contributed by atoms with Crippen LogP contribution in [-0.2, 0) is 18.8 Å². The summed E-state index contributed by atoms with van der Waals surface area (Å²) in [6.45, 7) is -0.433. The Labute approximate surface area is 124 Å². The molecule has 1 aliphatic rings. The van der Waals surface area contributed by atoms with Crippen LogP contribution in [0.25, 0.3) is 11.2 Å². The number of rotatable bonds is 2. The van der Waals surface area contributed by atoms with E-state index in [0.717, 1.165) is 0 Å². The number of nitrogens with zero attached hydrogens (tertiary/aromatic N) is 4. The van der Waals surface area contributed by atoms with Crippen LogP contribution in [0, 0.1) is 0 Å². The maximum Gasteiger partial charge on any atom is 0.313 e. The van der Waals surface area contributed by atoms with Gasteiger partial charge in [0, 0.05) is 7.05 Å². The monoisotopic (exact) mass is 312 g/mol. The summed E-state index contributed by atoms with van der Waals surface area (Å²) in [5.74, 6) is 0.0178. The second-order valence-electron chi connectivity index (χ2n) is 5.37. The van der Waals surface area contributed by atoms with Crippen LogP contribution in [-0.4, -0.2) is 54.4 Å². The van der Waals surface area contributed by atoms with Crippen molar-refractivity contribution in [2.45, 2.75) is 24.5 Å². The zero-order valence-corrected chi connectivity index (χ0v) is 12.1. The standard InChI is InChI=1S/C12H17N5O5/c1-15-4-17(11-8(20)7(19)5(3-18)22-11)9-6(15)10(21)16(2)12(13)14-9/h4-5,7-8,11,18-20H,3H2,1-2H3,(H-,13,14,21)/p+1. The van der Waals surface area contributed by atoms with E-state index in [2.05, 4.69) is 4.98 Å². The zero-order chi connectivity index (χ0) is 16.2. The number of aryl methyl sites for hydroxylation is 1. The summed E-state index contributed by atoms with van der Waals surface area (Å²) in [5, 5.41) is 29.1. The first-order valence-corrected chi connectivity index (χ1v) is 6.72. The average Bonchev–Trinajstić information content (AvgIpc) is 2.95. The summed E-state index contributed by atoms with van der Waals surface area (Å²) in [6, 6.07) is 0. The molecule has 3 heterocycles. The molecule has 2 aromatic heterocycles. The fourth-order valence-electron chi connectivity index (χ4n) is 2.68. The minimum atomic E-state index is -1.26. The van der Waals surface area contributed by atoms with E-state index in [1.54, 1.807) is 11.6 Å². The molecule has 4 unspecified atom stereocenters. The molecule has 120 valence electrons. The van der Waals surface area contributed by atoms with Gasteiger partial charge in [-0.1, -0.05) is 4.98 Å². The fraction of sp³-hybridized carbons (Fsp3) is 0.583. The van der Waals surface area contributed by atoms with E-state index >= 15 is 0 Å². The number of imidazole rings is 1. The van der Waals surface area contributed by atoms with Crippen molar-refractivity contribution >= 4 is 17.1 Å². The highest BCUT2D eigenvalue weighted by Crippen LogP contribution is 2.26. The van der Waals surface area contributed by atoms with Gasteiger partial charge in [-0.25, -0.2) is 4.57 Å². The van der Waals surface area contributed by atoms with E-state index < -0.39 is 31.1 Å². The van der Waals surface area contributed by atoms with E-state index in [1.165, 1.54) is 22.5 Å². The smallest absolute Gasteiger partial charge is 0.313 e. The Bertz CT molecular complexity index is 784. The van der Waals surface area contributed by atoms with Crippen LogP contribution >= 0.6 is 0 Å². The number of nitrogens with two attached hydrogens (primary N) is 1. The van der Waals surface area contributed by atoms with Crippen molar-refractivity contribution in [2.75, 3.05) is 12.3 Å². The van der Waals surface area contributed by atoms with Crippen LogP contribution in [0.15, 0.2) is 11.1 Å². The topological polar surface area (TPSA) is 140 Å². The Balaban J connectivity index is 2.19. The van der Waals surface area contributed by atoms with E-state index in [9.17, 15) is 15.0 Å². The summed E-state index contributed by atoms with van der Waals surface area (Å²) < 4.78 is 9.64. The first-order valence-electron chi connectivity index (χ1n) is 6.72. The van der Waals surface area contributed by atoms with Gasteiger partial charge in [-0.15, -0.1) is 0 Å². The lowest BCUT2D eigenvalue weighted by atomic mass is 10.1. The van der Waals surface area contributed by atoms with Gasteiger partial charge in [0.25, 0.3) is 5.95 Å². The van der Waals surface area contributed by atoms with Gasteiger partial charge in [-0.3, -0.25) is 13.9 Å². The lowest BCUT2D eigenvalue weighted by Gasteiger charge is -2.12. The Morgan fingerprint density at radius 1 is 1.41 bits per heavy atom. The van der Waals surface area contributed by atoms with Crippen LogP contribution < -0.4 is 15.9 Å². The van der Waals surface area contributed by atoms with Gasteiger partial charge in [0.1, 0.15) is 18.3 Å². The molecular formula is C12H18N5O5+. The minimum Gasteiger partial charge on any atom is -0.394 e. The summed E-state index contributed by atoms with van der Waals surface area (Å²) in [7, 11) is 3.16. The molecule has 0 aliphatic carbocycles. The van der Waals surface area contributed by atoms with Gasteiger partial charge < -0.3 is 25.8 Å². The molecule has 0 amide bonds. The third kappa shape index (κ3) is 1.92. The molecule has 5 N–H and O–H groups in total. The van der Waals surface area contributed by atoms with Crippen molar-refractivity contribution in [1.82, 2.24) is 14.1 Å². The second-order valence-corrected chi connectivity index (χ2v) is 5.37. The normalized spacial score (nSPS) is 28.6. The molecule has 0 bridgehead atoms. The molecule has 2 aromatic rings. The molecule has 4 atom stereocenters. The Kier molecular flexibility index (Phi) is 3.40. The number of fused-ring (bicyclic) bond motifs is 1. The van der Waals surface area contributed by atoms with E-state index in [-0.39, 0.29) is 22.7 Å². The third-order valence-corrected chi connectivity index (χ3v) is 3.97. The highest BCUT2D eigenvalue weighted by Gasteiger charge is 2.46. The first kappa shape index (κ1) is 14.9. The molecule has 10 heteroatoms. The maximum atomic E-state index is 12.3. The molecule has 1 saturated heterocycles. The Morgan fingerprint density at radius 3 is 2.68 bits per heavy atom. The predicted molar refractivity (Wildman–Crippen MR) is 73.6 cm³/mol. The zero-order valence-electron chi connectivity index (χ0n) is 12.1. The van der Waals surface area contributed by atoms with E-state index in [0.29, 0.717) is 0 Å². The molecule has 10 nitrogen and oxygen atoms in total. The molecule has 0 saturated carbocycles. The number of hydrogen-bond donors (Lipinski definition) is 4. The number of aliphatic hydroxyl groups excluding tert-OH is 3. The molecule has 1 fully saturated rings. The quantitative estimate of drug-likeness (QED) is 0.427. The highest BCUT2D eigenvalue weighted by atomic mass is 16.6. The number of nitrogen functional groups attached to an aromatic ring is 1. The molecule has 0 spiro atoms. The van der Waals surface area contributed by atoms with Crippen LogP contribution in [0.5, 0.6) is 0 Å². The number of anilines is 1. The first-order chi connectivity index (χ1) is 10.4. The van der Waals surface area contributed by atoms with Gasteiger partial charge in [-0.2, -0.15) is 0 Å². The Morgan fingerprint density at radius 2 is 2.09 bits per heavy atom. The largest absolute Gasteiger partial charge is 0.394 e. The number of aromatic nitrogens is 4. The van der Waals surface area contributed by atoms with E-state index in [1.807, 2.05) is 0 Å². The van der Waals surface area contributed by atoms with Crippen molar-refractivity contribution in [3.8, 4) is 0 Å². The Hall–Kier alpha value is -2.01. The lowest BCUT2D eigenvalue weighted by molar-refractivity contribution is -0.745. The van der Waals surface area contributed by atoms with Crippen LogP contribution in [0.4, 0.5) is 5.95 Å². The summed E-state index contributed by atoms with van der Waals surface area (Å²) in [5.41, 5.74) is 5.90. The van der Waals surface area contributed by atoms with E-state index in [4.69, 9.17) is 15.6 Å². The van der Waals surface area contributed by atoms with Crippen molar-refractivity contribution in [1.29, 1.82) is 0 Å². The van der Waals surface area contributed by atoms with Crippen molar-refractivity contribution < 1.29 is 24.6 Å². The van der Waals surface area contributed by atoms with Gasteiger partial charge in [0.05, 0.1) is 13.7 Å². The van der Waals surface area contributed by atoms with Gasteiger partial charge in [0.2, 0.25) is 11.7 Å². The van der Waals surface area contributed by atoms with Crippen LogP contribution in [0.2, 0.25) is 0 Å². The number of aliphatic hydroxyl groups is 3. The molecule has 3 rings (SSSR count). The van der Waals surface area contributed by atoms with Gasteiger partial charge >= 0.3 is 11.2 Å². The number of hydrogen-bond acceptors (Lipinski definition) is 7. The molecule has 0 aromatic carbocycles. The van der Waals surface area contributed by atoms with Crippen molar-refractivity contribution in [3.63, 3.8) is 0 Å². The maximum absolute atomic E-state index is 12.3. The highest BCUT2D eigenvalue weighted by molar-refractivity contribution is 5.67. The fourth-order valence-corrected chi connectivity index (χ4v) is 2.68. The molecule has 22 heavy (non-hydrogen) atoms. The minimum absolute atomic E-state index is 0.0178. The molecule has 0 radical (unpaired) electrons. The van der Waals surface area contributed by atoms with Gasteiger partial charge in [0.15, 0.2) is 6.33 Å². The average molecular weight is 312 g/mol. The number of ether oxygens (including phenoxy) is 1. The van der Waals surface area contributed by atoms with Crippen molar-refractivity contribution in [3.05, 3.63) is 16.7 Å².